The number of furan rings is 1. The fourth-order valence-electron chi connectivity index (χ4n) is 1.79. The van der Waals surface area contributed by atoms with Crippen LogP contribution in [0.25, 0.3) is 11.3 Å². The summed E-state index contributed by atoms with van der Waals surface area (Å²) >= 11 is 7.40. The molecule has 0 aliphatic rings. The summed E-state index contributed by atoms with van der Waals surface area (Å²) in [5.74, 6) is 0. The highest BCUT2D eigenvalue weighted by molar-refractivity contribution is 7.99. The Morgan fingerprint density at radius 1 is 1.21 bits per heavy atom. The molecule has 0 unspecified atom stereocenters. The monoisotopic (exact) mass is 290 g/mol. The van der Waals surface area contributed by atoms with Crippen molar-refractivity contribution in [2.45, 2.75) is 10.2 Å². The maximum atomic E-state index is 5.90. The molecule has 0 saturated carbocycles. The van der Waals surface area contributed by atoms with Crippen LogP contribution in [0.1, 0.15) is 0 Å². The first-order chi connectivity index (χ1) is 9.24. The lowest BCUT2D eigenvalue weighted by molar-refractivity contribution is 0.473. The van der Waals surface area contributed by atoms with Gasteiger partial charge in [0.15, 0.2) is 10.2 Å². The maximum Gasteiger partial charge on any atom is 0.176 e. The normalized spacial score (nSPS) is 10.8. The van der Waals surface area contributed by atoms with E-state index in [2.05, 4.69) is 4.98 Å². The van der Waals surface area contributed by atoms with Gasteiger partial charge in [-0.2, -0.15) is 0 Å². The van der Waals surface area contributed by atoms with E-state index in [9.17, 15) is 0 Å². The van der Waals surface area contributed by atoms with Crippen molar-refractivity contribution in [3.8, 4) is 11.3 Å². The van der Waals surface area contributed by atoms with E-state index in [4.69, 9.17) is 16.0 Å². The summed E-state index contributed by atoms with van der Waals surface area (Å²) in [5.41, 5.74) is 2.14. The summed E-state index contributed by atoms with van der Waals surface area (Å²) in [4.78, 5) is 4.42. The predicted molar refractivity (Wildman–Crippen MR) is 76.5 cm³/mol. The van der Waals surface area contributed by atoms with Crippen molar-refractivity contribution < 1.29 is 4.42 Å². The Labute approximate surface area is 120 Å². The lowest BCUT2D eigenvalue weighted by Crippen LogP contribution is -1.93. The van der Waals surface area contributed by atoms with Crippen LogP contribution in [0.4, 0.5) is 0 Å². The molecule has 3 aromatic rings. The van der Waals surface area contributed by atoms with E-state index in [-0.39, 0.29) is 0 Å². The average Bonchev–Trinajstić information content (AvgIpc) is 3.03. The van der Waals surface area contributed by atoms with Gasteiger partial charge in [-0.05, 0) is 41.6 Å². The molecule has 0 radical (unpaired) electrons. The number of imidazole rings is 1. The van der Waals surface area contributed by atoms with Crippen LogP contribution in [0.15, 0.2) is 63.5 Å². The third-order valence-electron chi connectivity index (χ3n) is 2.77. The molecule has 0 amide bonds. The molecule has 0 aliphatic heterocycles. The van der Waals surface area contributed by atoms with Gasteiger partial charge in [0.2, 0.25) is 0 Å². The Morgan fingerprint density at radius 3 is 2.68 bits per heavy atom. The fourth-order valence-corrected chi connectivity index (χ4v) is 2.68. The smallest absolute Gasteiger partial charge is 0.176 e. The van der Waals surface area contributed by atoms with Gasteiger partial charge in [0, 0.05) is 12.1 Å². The van der Waals surface area contributed by atoms with Crippen LogP contribution in [0.2, 0.25) is 5.02 Å². The zero-order chi connectivity index (χ0) is 13.2. The van der Waals surface area contributed by atoms with Crippen molar-refractivity contribution in [3.05, 3.63) is 53.9 Å². The van der Waals surface area contributed by atoms with Gasteiger partial charge >= 0.3 is 0 Å². The molecule has 0 saturated heterocycles. The molecule has 0 N–H and O–H groups in total. The van der Waals surface area contributed by atoms with Crippen LogP contribution in [0.5, 0.6) is 0 Å². The molecular formula is C14H11ClN2OS. The van der Waals surface area contributed by atoms with E-state index in [1.54, 1.807) is 6.26 Å². The standard InChI is InChI=1S/C14H11ClN2OS/c1-17-12(10-4-6-11(15)7-5-10)9-16-14(17)19-13-3-2-8-18-13/h2-9H,1H3. The van der Waals surface area contributed by atoms with Crippen LogP contribution in [-0.4, -0.2) is 9.55 Å². The third-order valence-corrected chi connectivity index (χ3v) is 4.02. The molecule has 0 fully saturated rings. The number of aromatic nitrogens is 2. The molecule has 1 aromatic carbocycles. The van der Waals surface area contributed by atoms with Crippen molar-refractivity contribution in [1.29, 1.82) is 0 Å². The summed E-state index contributed by atoms with van der Waals surface area (Å²) in [6, 6.07) is 11.5. The van der Waals surface area contributed by atoms with Gasteiger partial charge in [-0.15, -0.1) is 0 Å². The molecule has 3 rings (SSSR count). The van der Waals surface area contributed by atoms with E-state index in [0.717, 1.165) is 26.5 Å². The number of benzene rings is 1. The molecule has 2 heterocycles. The number of halogens is 1. The molecule has 0 bridgehead atoms. The zero-order valence-electron chi connectivity index (χ0n) is 10.2. The summed E-state index contributed by atoms with van der Waals surface area (Å²) in [7, 11) is 1.99. The second-order valence-corrected chi connectivity index (χ2v) is 5.43. The summed E-state index contributed by atoms with van der Waals surface area (Å²) in [6.45, 7) is 0. The van der Waals surface area contributed by atoms with Crippen molar-refractivity contribution in [2.75, 3.05) is 0 Å². The lowest BCUT2D eigenvalue weighted by atomic mass is 10.2. The first-order valence-electron chi connectivity index (χ1n) is 5.73. The first kappa shape index (κ1) is 12.4. The van der Waals surface area contributed by atoms with Crippen molar-refractivity contribution in [1.82, 2.24) is 9.55 Å². The molecule has 5 heteroatoms. The zero-order valence-corrected chi connectivity index (χ0v) is 11.8. The topological polar surface area (TPSA) is 31.0 Å². The second kappa shape index (κ2) is 5.15. The lowest BCUT2D eigenvalue weighted by Gasteiger charge is -2.04. The van der Waals surface area contributed by atoms with Crippen molar-refractivity contribution in [2.24, 2.45) is 7.05 Å². The highest BCUT2D eigenvalue weighted by atomic mass is 35.5. The highest BCUT2D eigenvalue weighted by Gasteiger charge is 2.10. The van der Waals surface area contributed by atoms with E-state index in [1.165, 1.54) is 11.8 Å². The van der Waals surface area contributed by atoms with E-state index >= 15 is 0 Å². The minimum atomic E-state index is 0.733. The van der Waals surface area contributed by atoms with Crippen LogP contribution in [0.3, 0.4) is 0 Å². The summed E-state index contributed by atoms with van der Waals surface area (Å²) in [5, 5.41) is 2.45. The number of rotatable bonds is 3. The Kier molecular flexibility index (Phi) is 3.36. The number of hydrogen-bond acceptors (Lipinski definition) is 3. The Morgan fingerprint density at radius 2 is 2.00 bits per heavy atom. The van der Waals surface area contributed by atoms with Gasteiger partial charge in [-0.1, -0.05) is 23.7 Å². The van der Waals surface area contributed by atoms with Gasteiger partial charge in [-0.3, -0.25) is 0 Å². The van der Waals surface area contributed by atoms with Crippen molar-refractivity contribution in [3.63, 3.8) is 0 Å². The second-order valence-electron chi connectivity index (χ2n) is 4.03. The van der Waals surface area contributed by atoms with Gasteiger partial charge in [0.05, 0.1) is 18.2 Å². The molecule has 19 heavy (non-hydrogen) atoms. The van der Waals surface area contributed by atoms with Gasteiger partial charge in [0.25, 0.3) is 0 Å². The van der Waals surface area contributed by atoms with Crippen LogP contribution >= 0.6 is 23.4 Å². The molecular weight excluding hydrogens is 280 g/mol. The summed E-state index contributed by atoms with van der Waals surface area (Å²) < 4.78 is 7.35. The van der Waals surface area contributed by atoms with Gasteiger partial charge in [0.1, 0.15) is 0 Å². The van der Waals surface area contributed by atoms with Crippen LogP contribution in [-0.2, 0) is 7.05 Å². The quantitative estimate of drug-likeness (QED) is 0.712. The SMILES string of the molecule is Cn1c(-c2ccc(Cl)cc2)cnc1Sc1ccco1. The first-order valence-corrected chi connectivity index (χ1v) is 6.92. The number of nitrogens with zero attached hydrogens (tertiary/aromatic N) is 2. The largest absolute Gasteiger partial charge is 0.458 e. The maximum absolute atomic E-state index is 5.90. The fraction of sp³-hybridized carbons (Fsp3) is 0.0714. The van der Waals surface area contributed by atoms with Gasteiger partial charge < -0.3 is 8.98 Å². The van der Waals surface area contributed by atoms with Crippen LogP contribution in [0, 0.1) is 0 Å². The Hall–Kier alpha value is -1.65. The molecule has 0 aliphatic carbocycles. The predicted octanol–water partition coefficient (Wildman–Crippen LogP) is 4.48. The molecule has 3 nitrogen and oxygen atoms in total. The minimum absolute atomic E-state index is 0.733. The molecule has 0 atom stereocenters. The van der Waals surface area contributed by atoms with E-state index < -0.39 is 0 Å². The third kappa shape index (κ3) is 2.55. The number of hydrogen-bond donors (Lipinski definition) is 0. The van der Waals surface area contributed by atoms with E-state index in [1.807, 2.05) is 54.2 Å². The minimum Gasteiger partial charge on any atom is -0.458 e. The Balaban J connectivity index is 1.92. The Bertz CT molecular complexity index is 674. The van der Waals surface area contributed by atoms with Crippen molar-refractivity contribution >= 4 is 23.4 Å². The molecule has 96 valence electrons. The van der Waals surface area contributed by atoms with E-state index in [0.29, 0.717) is 0 Å². The van der Waals surface area contributed by atoms with Crippen LogP contribution < -0.4 is 0 Å². The molecule has 0 spiro atoms. The summed E-state index contributed by atoms with van der Waals surface area (Å²) in [6.07, 6.45) is 3.51. The molecule has 2 aromatic heterocycles. The van der Waals surface area contributed by atoms with Gasteiger partial charge in [-0.25, -0.2) is 4.98 Å². The highest BCUT2D eigenvalue weighted by Crippen LogP contribution is 2.30. The average molecular weight is 291 g/mol.